The number of anilines is 1. The van der Waals surface area contributed by atoms with Crippen molar-refractivity contribution < 1.29 is 9.13 Å². The summed E-state index contributed by atoms with van der Waals surface area (Å²) in [6.07, 6.45) is 0. The Morgan fingerprint density at radius 1 is 1.21 bits per heavy atom. The standard InChI is InChI=1S/C15H21FN2O/c1-13(2)17-8-10-18(11-9-17)14-3-5-15(6-4-14)19-12-7-16/h3-6H,1,7-12H2,2H3. The van der Waals surface area contributed by atoms with Crippen molar-refractivity contribution in [2.75, 3.05) is 44.4 Å². The van der Waals surface area contributed by atoms with Crippen LogP contribution in [0.15, 0.2) is 36.5 Å². The molecule has 0 amide bonds. The Morgan fingerprint density at radius 2 is 1.84 bits per heavy atom. The van der Waals surface area contributed by atoms with Crippen molar-refractivity contribution in [3.63, 3.8) is 0 Å². The molecule has 4 heteroatoms. The van der Waals surface area contributed by atoms with Crippen LogP contribution >= 0.6 is 0 Å². The molecule has 104 valence electrons. The van der Waals surface area contributed by atoms with Crippen molar-refractivity contribution in [3.05, 3.63) is 36.5 Å². The van der Waals surface area contributed by atoms with E-state index in [2.05, 4.69) is 16.4 Å². The minimum absolute atomic E-state index is 0.122. The van der Waals surface area contributed by atoms with Gasteiger partial charge in [-0.15, -0.1) is 0 Å². The Hall–Kier alpha value is -1.71. The second kappa shape index (κ2) is 6.45. The maximum Gasteiger partial charge on any atom is 0.123 e. The van der Waals surface area contributed by atoms with Crippen LogP contribution < -0.4 is 9.64 Å². The van der Waals surface area contributed by atoms with Crippen molar-refractivity contribution in [1.82, 2.24) is 4.90 Å². The van der Waals surface area contributed by atoms with Crippen LogP contribution in [0.1, 0.15) is 6.92 Å². The molecular formula is C15H21FN2O. The first-order valence-corrected chi connectivity index (χ1v) is 6.65. The normalized spacial score (nSPS) is 15.5. The molecule has 19 heavy (non-hydrogen) atoms. The number of piperazine rings is 1. The summed E-state index contributed by atoms with van der Waals surface area (Å²) in [5, 5.41) is 0. The van der Waals surface area contributed by atoms with E-state index < -0.39 is 6.67 Å². The van der Waals surface area contributed by atoms with Gasteiger partial charge in [-0.05, 0) is 31.2 Å². The van der Waals surface area contributed by atoms with E-state index in [1.54, 1.807) is 0 Å². The third-order valence-electron chi connectivity index (χ3n) is 3.37. The Labute approximate surface area is 114 Å². The quantitative estimate of drug-likeness (QED) is 0.813. The van der Waals surface area contributed by atoms with E-state index in [9.17, 15) is 4.39 Å². The highest BCUT2D eigenvalue weighted by Gasteiger charge is 2.16. The first-order chi connectivity index (χ1) is 9.20. The second-order valence-electron chi connectivity index (χ2n) is 4.74. The first kappa shape index (κ1) is 13.7. The van der Waals surface area contributed by atoms with Crippen molar-refractivity contribution in [1.29, 1.82) is 0 Å². The van der Waals surface area contributed by atoms with Crippen LogP contribution in [0.25, 0.3) is 0 Å². The van der Waals surface area contributed by atoms with E-state index in [1.807, 2.05) is 31.2 Å². The number of allylic oxidation sites excluding steroid dienone is 1. The lowest BCUT2D eigenvalue weighted by molar-refractivity contribution is 0.273. The molecular weight excluding hydrogens is 243 g/mol. The van der Waals surface area contributed by atoms with E-state index in [4.69, 9.17) is 4.74 Å². The molecule has 0 bridgehead atoms. The van der Waals surface area contributed by atoms with Gasteiger partial charge in [0.25, 0.3) is 0 Å². The lowest BCUT2D eigenvalue weighted by atomic mass is 10.2. The van der Waals surface area contributed by atoms with Crippen molar-refractivity contribution in [2.24, 2.45) is 0 Å². The van der Waals surface area contributed by atoms with Gasteiger partial charge in [-0.25, -0.2) is 4.39 Å². The van der Waals surface area contributed by atoms with Crippen LogP contribution in [-0.4, -0.2) is 44.4 Å². The van der Waals surface area contributed by atoms with Crippen LogP contribution in [-0.2, 0) is 0 Å². The molecule has 1 aromatic carbocycles. The van der Waals surface area contributed by atoms with Gasteiger partial charge in [0.05, 0.1) is 0 Å². The maximum atomic E-state index is 12.0. The van der Waals surface area contributed by atoms with Gasteiger partial charge in [0.2, 0.25) is 0 Å². The monoisotopic (exact) mass is 264 g/mol. The van der Waals surface area contributed by atoms with E-state index in [1.165, 1.54) is 5.69 Å². The fourth-order valence-corrected chi connectivity index (χ4v) is 2.26. The number of rotatable bonds is 5. The zero-order chi connectivity index (χ0) is 13.7. The number of nitrogens with zero attached hydrogens (tertiary/aromatic N) is 2. The highest BCUT2D eigenvalue weighted by Crippen LogP contribution is 2.21. The van der Waals surface area contributed by atoms with Gasteiger partial charge in [0, 0.05) is 37.6 Å². The van der Waals surface area contributed by atoms with Crippen LogP contribution in [0.4, 0.5) is 10.1 Å². The van der Waals surface area contributed by atoms with E-state index in [-0.39, 0.29) is 6.61 Å². The fourth-order valence-electron chi connectivity index (χ4n) is 2.26. The van der Waals surface area contributed by atoms with Crippen LogP contribution in [0, 0.1) is 0 Å². The fraction of sp³-hybridized carbons (Fsp3) is 0.467. The number of benzene rings is 1. The lowest BCUT2D eigenvalue weighted by Crippen LogP contribution is -2.45. The molecule has 1 fully saturated rings. The zero-order valence-corrected chi connectivity index (χ0v) is 11.4. The zero-order valence-electron chi connectivity index (χ0n) is 11.4. The molecule has 0 atom stereocenters. The molecule has 1 saturated heterocycles. The molecule has 0 spiro atoms. The third kappa shape index (κ3) is 3.63. The molecule has 1 heterocycles. The Kier molecular flexibility index (Phi) is 4.66. The van der Waals surface area contributed by atoms with Gasteiger partial charge in [-0.2, -0.15) is 0 Å². The molecule has 0 saturated carbocycles. The molecule has 2 rings (SSSR count). The van der Waals surface area contributed by atoms with Gasteiger partial charge in [-0.1, -0.05) is 6.58 Å². The number of alkyl halides is 1. The molecule has 0 N–H and O–H groups in total. The molecule has 3 nitrogen and oxygen atoms in total. The summed E-state index contributed by atoms with van der Waals surface area (Å²) in [5.74, 6) is 0.724. The SMILES string of the molecule is C=C(C)N1CCN(c2ccc(OCCF)cc2)CC1. The van der Waals surface area contributed by atoms with E-state index in [0.717, 1.165) is 37.6 Å². The molecule has 0 aromatic heterocycles. The summed E-state index contributed by atoms with van der Waals surface area (Å²) in [6.45, 7) is 9.71. The highest BCUT2D eigenvalue weighted by atomic mass is 19.1. The largest absolute Gasteiger partial charge is 0.491 e. The predicted molar refractivity (Wildman–Crippen MR) is 76.5 cm³/mol. The summed E-state index contributed by atoms with van der Waals surface area (Å²) < 4.78 is 17.2. The highest BCUT2D eigenvalue weighted by molar-refractivity contribution is 5.49. The van der Waals surface area contributed by atoms with E-state index in [0.29, 0.717) is 0 Å². The number of hydrogen-bond donors (Lipinski definition) is 0. The van der Waals surface area contributed by atoms with Crippen LogP contribution in [0.5, 0.6) is 5.75 Å². The van der Waals surface area contributed by atoms with Crippen LogP contribution in [0.2, 0.25) is 0 Å². The van der Waals surface area contributed by atoms with Gasteiger partial charge >= 0.3 is 0 Å². The number of hydrogen-bond acceptors (Lipinski definition) is 3. The summed E-state index contributed by atoms with van der Waals surface area (Å²) in [4.78, 5) is 4.65. The van der Waals surface area contributed by atoms with Crippen molar-refractivity contribution in [3.8, 4) is 5.75 Å². The topological polar surface area (TPSA) is 15.7 Å². The molecule has 0 radical (unpaired) electrons. The molecule has 1 aromatic rings. The summed E-state index contributed by atoms with van der Waals surface area (Å²) in [5.41, 5.74) is 2.32. The first-order valence-electron chi connectivity index (χ1n) is 6.65. The maximum absolute atomic E-state index is 12.0. The molecule has 0 aliphatic carbocycles. The molecule has 0 unspecified atom stereocenters. The summed E-state index contributed by atoms with van der Waals surface area (Å²) in [6, 6.07) is 7.86. The third-order valence-corrected chi connectivity index (χ3v) is 3.37. The lowest BCUT2D eigenvalue weighted by Gasteiger charge is -2.37. The molecule has 1 aliphatic rings. The van der Waals surface area contributed by atoms with Crippen molar-refractivity contribution >= 4 is 5.69 Å². The average molecular weight is 264 g/mol. The van der Waals surface area contributed by atoms with Crippen LogP contribution in [0.3, 0.4) is 0 Å². The Morgan fingerprint density at radius 3 is 2.37 bits per heavy atom. The van der Waals surface area contributed by atoms with Gasteiger partial charge in [-0.3, -0.25) is 0 Å². The smallest absolute Gasteiger partial charge is 0.123 e. The van der Waals surface area contributed by atoms with E-state index >= 15 is 0 Å². The Balaban J connectivity index is 1.90. The summed E-state index contributed by atoms with van der Waals surface area (Å²) in [7, 11) is 0. The molecule has 1 aliphatic heterocycles. The average Bonchev–Trinajstić information content (AvgIpc) is 2.46. The number of ether oxygens (including phenoxy) is 1. The number of halogens is 1. The minimum Gasteiger partial charge on any atom is -0.491 e. The minimum atomic E-state index is -0.454. The van der Waals surface area contributed by atoms with Crippen molar-refractivity contribution in [2.45, 2.75) is 6.92 Å². The Bertz CT molecular complexity index is 411. The summed E-state index contributed by atoms with van der Waals surface area (Å²) >= 11 is 0. The predicted octanol–water partition coefficient (Wildman–Crippen LogP) is 2.69. The van der Waals surface area contributed by atoms with Gasteiger partial charge in [0.15, 0.2) is 0 Å². The van der Waals surface area contributed by atoms with Gasteiger partial charge < -0.3 is 14.5 Å². The second-order valence-corrected chi connectivity index (χ2v) is 4.74. The van der Waals surface area contributed by atoms with Gasteiger partial charge in [0.1, 0.15) is 19.0 Å².